The van der Waals surface area contributed by atoms with Gasteiger partial charge in [-0.2, -0.15) is 0 Å². The second kappa shape index (κ2) is 5.11. The van der Waals surface area contributed by atoms with E-state index in [1.165, 1.54) is 5.56 Å². The fourth-order valence-electron chi connectivity index (χ4n) is 1.63. The van der Waals surface area contributed by atoms with Crippen molar-refractivity contribution < 1.29 is 4.39 Å². The van der Waals surface area contributed by atoms with Crippen molar-refractivity contribution in [3.8, 4) is 0 Å². The molecule has 0 unspecified atom stereocenters. The Hall–Kier alpha value is -0.890. The maximum absolute atomic E-state index is 13.1. The summed E-state index contributed by atoms with van der Waals surface area (Å²) >= 11 is 0. The van der Waals surface area contributed by atoms with Gasteiger partial charge in [0.2, 0.25) is 0 Å². The van der Waals surface area contributed by atoms with Crippen molar-refractivity contribution in [2.45, 2.75) is 33.7 Å². The lowest BCUT2D eigenvalue weighted by atomic mass is 9.98. The molecule has 1 nitrogen and oxygen atoms in total. The first-order chi connectivity index (χ1) is 6.77. The number of benzene rings is 1. The molecule has 0 fully saturated rings. The van der Waals surface area contributed by atoms with Gasteiger partial charge in [-0.05, 0) is 42.6 Å². The summed E-state index contributed by atoms with van der Waals surface area (Å²) in [7, 11) is 0. The van der Waals surface area contributed by atoms with Crippen LogP contribution in [0.3, 0.4) is 0 Å². The predicted octanol–water partition coefficient (Wildman–Crippen LogP) is 2.81. The third-order valence-electron chi connectivity index (χ3n) is 2.37. The molecule has 0 saturated carbocycles. The van der Waals surface area contributed by atoms with Crippen LogP contribution in [0.2, 0.25) is 0 Å². The third-order valence-corrected chi connectivity index (χ3v) is 2.37. The largest absolute Gasteiger partial charge is 0.312 e. The van der Waals surface area contributed by atoms with Crippen molar-refractivity contribution in [1.82, 2.24) is 5.32 Å². The monoisotopic (exact) mass is 195 g/mol. The first-order valence-electron chi connectivity index (χ1n) is 5.26. The van der Waals surface area contributed by atoms with E-state index in [-0.39, 0.29) is 5.82 Å². The van der Waals surface area contributed by atoms with Gasteiger partial charge in [0.05, 0.1) is 0 Å². The fraction of sp³-hybridized carbons (Fsp3) is 0.500. The third kappa shape index (κ3) is 2.32. The van der Waals surface area contributed by atoms with Gasteiger partial charge in [0.25, 0.3) is 0 Å². The standard InChI is InChI=1S/C10H12FN.C2H6/c1-7-4-8-2-3-12-6-9(8)5-10(7)11;1-2/h4-5,12H,2-3,6H2,1H3;1-2H3. The van der Waals surface area contributed by atoms with Gasteiger partial charge in [0.15, 0.2) is 0 Å². The molecule has 0 radical (unpaired) electrons. The van der Waals surface area contributed by atoms with Crippen LogP contribution in [-0.4, -0.2) is 6.54 Å². The number of halogens is 1. The molecule has 1 heterocycles. The van der Waals surface area contributed by atoms with Crippen LogP contribution in [0.5, 0.6) is 0 Å². The Morgan fingerprint density at radius 1 is 1.21 bits per heavy atom. The van der Waals surface area contributed by atoms with Crippen LogP contribution in [0, 0.1) is 12.7 Å². The van der Waals surface area contributed by atoms with E-state index in [2.05, 4.69) is 5.32 Å². The van der Waals surface area contributed by atoms with E-state index >= 15 is 0 Å². The topological polar surface area (TPSA) is 12.0 Å². The second-order valence-electron chi connectivity index (χ2n) is 3.30. The van der Waals surface area contributed by atoms with Gasteiger partial charge in [-0.15, -0.1) is 0 Å². The first kappa shape index (κ1) is 11.2. The molecule has 0 aliphatic carbocycles. The lowest BCUT2D eigenvalue weighted by molar-refractivity contribution is 0.597. The Morgan fingerprint density at radius 2 is 1.93 bits per heavy atom. The highest BCUT2D eigenvalue weighted by Crippen LogP contribution is 2.18. The normalized spacial score (nSPS) is 14.0. The SMILES string of the molecule is CC.Cc1cc2c(cc1F)CNCC2. The van der Waals surface area contributed by atoms with Crippen LogP contribution in [0.4, 0.5) is 4.39 Å². The average Bonchev–Trinajstić information content (AvgIpc) is 2.23. The minimum Gasteiger partial charge on any atom is -0.312 e. The number of hydrogen-bond donors (Lipinski definition) is 1. The molecule has 0 saturated heterocycles. The molecule has 14 heavy (non-hydrogen) atoms. The zero-order chi connectivity index (χ0) is 10.6. The van der Waals surface area contributed by atoms with E-state index < -0.39 is 0 Å². The number of rotatable bonds is 0. The van der Waals surface area contributed by atoms with Crippen LogP contribution >= 0.6 is 0 Å². The van der Waals surface area contributed by atoms with Crippen molar-refractivity contribution >= 4 is 0 Å². The summed E-state index contributed by atoms with van der Waals surface area (Å²) in [6, 6.07) is 3.61. The van der Waals surface area contributed by atoms with Crippen molar-refractivity contribution in [2.75, 3.05) is 6.54 Å². The summed E-state index contributed by atoms with van der Waals surface area (Å²) in [5.41, 5.74) is 3.17. The maximum Gasteiger partial charge on any atom is 0.126 e. The van der Waals surface area contributed by atoms with Gasteiger partial charge >= 0.3 is 0 Å². The molecule has 2 rings (SSSR count). The Bertz CT molecular complexity index is 276. The smallest absolute Gasteiger partial charge is 0.126 e. The lowest BCUT2D eigenvalue weighted by Gasteiger charge is -2.17. The molecular weight excluding hydrogens is 177 g/mol. The number of fused-ring (bicyclic) bond motifs is 1. The minimum absolute atomic E-state index is 0.0857. The zero-order valence-corrected chi connectivity index (χ0v) is 9.15. The summed E-state index contributed by atoms with van der Waals surface area (Å²) in [5, 5.41) is 3.22. The van der Waals surface area contributed by atoms with Crippen LogP contribution in [-0.2, 0) is 13.0 Å². The molecule has 2 heteroatoms. The molecule has 0 bridgehead atoms. The summed E-state index contributed by atoms with van der Waals surface area (Å²) in [5.74, 6) is -0.0857. The van der Waals surface area contributed by atoms with E-state index in [1.807, 2.05) is 26.8 Å². The Labute approximate surface area is 85.3 Å². The summed E-state index contributed by atoms with van der Waals surface area (Å²) in [6.45, 7) is 7.64. The number of nitrogens with one attached hydrogen (secondary N) is 1. The fourth-order valence-corrected chi connectivity index (χ4v) is 1.63. The van der Waals surface area contributed by atoms with Gasteiger partial charge in [-0.1, -0.05) is 19.9 Å². The summed E-state index contributed by atoms with van der Waals surface area (Å²) < 4.78 is 13.1. The molecule has 1 aliphatic rings. The van der Waals surface area contributed by atoms with E-state index in [0.717, 1.165) is 30.6 Å². The Balaban J connectivity index is 0.000000461. The van der Waals surface area contributed by atoms with Gasteiger partial charge < -0.3 is 5.32 Å². The molecule has 1 aromatic carbocycles. The maximum atomic E-state index is 13.1. The molecule has 0 atom stereocenters. The van der Waals surface area contributed by atoms with E-state index in [4.69, 9.17) is 0 Å². The van der Waals surface area contributed by atoms with Crippen LogP contribution < -0.4 is 5.32 Å². The minimum atomic E-state index is -0.0857. The van der Waals surface area contributed by atoms with E-state index in [0.29, 0.717) is 0 Å². The quantitative estimate of drug-likeness (QED) is 0.671. The van der Waals surface area contributed by atoms with Gasteiger partial charge in [-0.25, -0.2) is 4.39 Å². The zero-order valence-electron chi connectivity index (χ0n) is 9.15. The molecule has 0 spiro atoms. The molecule has 0 aromatic heterocycles. The Kier molecular flexibility index (Phi) is 4.08. The number of hydrogen-bond acceptors (Lipinski definition) is 1. The highest BCUT2D eigenvalue weighted by molar-refractivity contribution is 5.34. The van der Waals surface area contributed by atoms with Crippen LogP contribution in [0.15, 0.2) is 12.1 Å². The highest BCUT2D eigenvalue weighted by Gasteiger charge is 2.10. The molecule has 1 aliphatic heterocycles. The Morgan fingerprint density at radius 3 is 2.64 bits per heavy atom. The molecule has 78 valence electrons. The van der Waals surface area contributed by atoms with Crippen LogP contribution in [0.25, 0.3) is 0 Å². The van der Waals surface area contributed by atoms with Gasteiger partial charge in [-0.3, -0.25) is 0 Å². The van der Waals surface area contributed by atoms with Crippen molar-refractivity contribution in [1.29, 1.82) is 0 Å². The summed E-state index contributed by atoms with van der Waals surface area (Å²) in [4.78, 5) is 0. The van der Waals surface area contributed by atoms with E-state index in [1.54, 1.807) is 6.07 Å². The van der Waals surface area contributed by atoms with Crippen molar-refractivity contribution in [3.63, 3.8) is 0 Å². The van der Waals surface area contributed by atoms with E-state index in [9.17, 15) is 4.39 Å². The van der Waals surface area contributed by atoms with Gasteiger partial charge in [0.1, 0.15) is 5.82 Å². The molecule has 0 amide bonds. The van der Waals surface area contributed by atoms with Crippen molar-refractivity contribution in [3.05, 3.63) is 34.6 Å². The molecule has 1 N–H and O–H groups in total. The number of aryl methyl sites for hydroxylation is 1. The molecular formula is C12H18FN. The first-order valence-corrected chi connectivity index (χ1v) is 5.26. The second-order valence-corrected chi connectivity index (χ2v) is 3.30. The van der Waals surface area contributed by atoms with Gasteiger partial charge in [0, 0.05) is 6.54 Å². The van der Waals surface area contributed by atoms with Crippen LogP contribution in [0.1, 0.15) is 30.5 Å². The average molecular weight is 195 g/mol. The summed E-state index contributed by atoms with van der Waals surface area (Å²) in [6.07, 6.45) is 1.02. The predicted molar refractivity (Wildman–Crippen MR) is 57.9 cm³/mol. The molecule has 1 aromatic rings. The highest BCUT2D eigenvalue weighted by atomic mass is 19.1. The van der Waals surface area contributed by atoms with Crippen molar-refractivity contribution in [2.24, 2.45) is 0 Å². The lowest BCUT2D eigenvalue weighted by Crippen LogP contribution is -2.23.